The zero-order chi connectivity index (χ0) is 14.4. The number of benzene rings is 1. The van der Waals surface area contributed by atoms with E-state index in [0.29, 0.717) is 22.5 Å². The van der Waals surface area contributed by atoms with E-state index in [1.54, 1.807) is 24.0 Å². The van der Waals surface area contributed by atoms with Crippen molar-refractivity contribution in [3.63, 3.8) is 0 Å². The maximum absolute atomic E-state index is 12.1. The van der Waals surface area contributed by atoms with Gasteiger partial charge in [0.15, 0.2) is 22.5 Å². The normalized spacial score (nSPS) is 12.8. The maximum atomic E-state index is 12.1. The van der Waals surface area contributed by atoms with E-state index in [1.807, 2.05) is 12.1 Å². The molecule has 0 saturated carbocycles. The molecule has 1 N–H and O–H groups in total. The third-order valence-corrected chi connectivity index (χ3v) is 4.06. The molecule has 2 aromatic heterocycles. The number of nitrogens with zero attached hydrogens (tertiary/aromatic N) is 3. The third kappa shape index (κ3) is 2.00. The number of nitrogens with one attached hydrogen (secondary N) is 1. The van der Waals surface area contributed by atoms with Crippen LogP contribution in [0.2, 0.25) is 0 Å². The van der Waals surface area contributed by atoms with E-state index in [2.05, 4.69) is 15.3 Å². The average Bonchev–Trinajstić information content (AvgIpc) is 3.13. The van der Waals surface area contributed by atoms with Crippen LogP contribution in [0.4, 0.5) is 5.13 Å². The Morgan fingerprint density at radius 2 is 2.19 bits per heavy atom. The first-order chi connectivity index (χ1) is 10.2. The topological polar surface area (TPSA) is 78.3 Å². The van der Waals surface area contributed by atoms with Crippen LogP contribution in [0, 0.1) is 0 Å². The molecule has 1 aliphatic heterocycles. The number of hydrogen-bond acceptors (Lipinski definition) is 6. The fraction of sp³-hybridized carbons (Fsp3) is 0.154. The highest BCUT2D eigenvalue weighted by molar-refractivity contribution is 7.22. The van der Waals surface area contributed by atoms with E-state index < -0.39 is 0 Å². The van der Waals surface area contributed by atoms with Gasteiger partial charge in [-0.05, 0) is 0 Å². The quantitative estimate of drug-likeness (QED) is 0.783. The second-order valence-corrected chi connectivity index (χ2v) is 5.54. The molecular weight excluding hydrogens is 292 g/mol. The molecule has 8 heteroatoms. The van der Waals surface area contributed by atoms with Gasteiger partial charge < -0.3 is 14.0 Å². The Labute approximate surface area is 123 Å². The van der Waals surface area contributed by atoms with E-state index in [4.69, 9.17) is 9.47 Å². The van der Waals surface area contributed by atoms with E-state index in [-0.39, 0.29) is 12.7 Å². The molecule has 0 saturated heterocycles. The van der Waals surface area contributed by atoms with Crippen molar-refractivity contribution in [2.45, 2.75) is 0 Å². The van der Waals surface area contributed by atoms with Crippen molar-refractivity contribution in [1.29, 1.82) is 0 Å². The number of amides is 1. The zero-order valence-corrected chi connectivity index (χ0v) is 11.8. The summed E-state index contributed by atoms with van der Waals surface area (Å²) in [6, 6.07) is 3.68. The number of hydrogen-bond donors (Lipinski definition) is 1. The predicted molar refractivity (Wildman–Crippen MR) is 76.9 cm³/mol. The van der Waals surface area contributed by atoms with Crippen LogP contribution in [0.5, 0.6) is 11.5 Å². The van der Waals surface area contributed by atoms with Gasteiger partial charge in [-0.25, -0.2) is 9.97 Å². The molecule has 0 aliphatic carbocycles. The van der Waals surface area contributed by atoms with Crippen molar-refractivity contribution in [2.24, 2.45) is 7.05 Å². The number of thiazole rings is 1. The average molecular weight is 302 g/mol. The first-order valence-electron chi connectivity index (χ1n) is 6.19. The number of ether oxygens (including phenoxy) is 2. The Balaban J connectivity index is 1.65. The number of anilines is 1. The predicted octanol–water partition coefficient (Wildman–Crippen LogP) is 2.01. The summed E-state index contributed by atoms with van der Waals surface area (Å²) >= 11 is 1.38. The van der Waals surface area contributed by atoms with Gasteiger partial charge in [0.1, 0.15) is 0 Å². The zero-order valence-electron chi connectivity index (χ0n) is 11.0. The van der Waals surface area contributed by atoms with Crippen LogP contribution < -0.4 is 14.8 Å². The lowest BCUT2D eigenvalue weighted by Gasteiger charge is -2.00. The molecule has 0 spiro atoms. The molecule has 0 atom stereocenters. The van der Waals surface area contributed by atoms with Crippen molar-refractivity contribution in [3.05, 3.63) is 30.4 Å². The number of aromatic nitrogens is 3. The lowest BCUT2D eigenvalue weighted by molar-refractivity contribution is 0.101. The number of carbonyl (C=O) groups excluding carboxylic acids is 1. The Morgan fingerprint density at radius 1 is 1.38 bits per heavy atom. The Hall–Kier alpha value is -2.61. The second kappa shape index (κ2) is 4.45. The van der Waals surface area contributed by atoms with Crippen molar-refractivity contribution in [3.8, 4) is 11.5 Å². The molecule has 0 radical (unpaired) electrons. The third-order valence-electron chi connectivity index (χ3n) is 3.13. The number of aryl methyl sites for hydroxylation is 1. The van der Waals surface area contributed by atoms with E-state index in [1.165, 1.54) is 11.3 Å². The van der Waals surface area contributed by atoms with Gasteiger partial charge in [-0.15, -0.1) is 0 Å². The van der Waals surface area contributed by atoms with E-state index >= 15 is 0 Å². The smallest absolute Gasteiger partial charge is 0.293 e. The maximum Gasteiger partial charge on any atom is 0.293 e. The fourth-order valence-electron chi connectivity index (χ4n) is 2.11. The molecule has 4 rings (SSSR count). The fourth-order valence-corrected chi connectivity index (χ4v) is 2.98. The number of imidazole rings is 1. The Morgan fingerprint density at radius 3 is 2.95 bits per heavy atom. The first-order valence-corrected chi connectivity index (χ1v) is 7.01. The highest BCUT2D eigenvalue weighted by Gasteiger charge is 2.18. The summed E-state index contributed by atoms with van der Waals surface area (Å²) < 4.78 is 13.2. The van der Waals surface area contributed by atoms with Gasteiger partial charge in [0.2, 0.25) is 6.79 Å². The summed E-state index contributed by atoms with van der Waals surface area (Å²) in [5.41, 5.74) is 0.763. The number of rotatable bonds is 2. The summed E-state index contributed by atoms with van der Waals surface area (Å²) in [6.45, 7) is 0.232. The lowest BCUT2D eigenvalue weighted by Crippen LogP contribution is -2.16. The van der Waals surface area contributed by atoms with Gasteiger partial charge in [-0.3, -0.25) is 10.1 Å². The molecule has 1 aliphatic rings. The molecule has 0 fully saturated rings. The lowest BCUT2D eigenvalue weighted by atomic mass is 10.3. The van der Waals surface area contributed by atoms with Crippen LogP contribution in [-0.2, 0) is 7.05 Å². The van der Waals surface area contributed by atoms with Crippen LogP contribution in [0.15, 0.2) is 24.5 Å². The summed E-state index contributed by atoms with van der Waals surface area (Å²) in [5, 5.41) is 3.27. The molecule has 0 unspecified atom stereocenters. The van der Waals surface area contributed by atoms with E-state index in [9.17, 15) is 4.79 Å². The van der Waals surface area contributed by atoms with Crippen molar-refractivity contribution >= 4 is 32.6 Å². The molecule has 1 aromatic carbocycles. The van der Waals surface area contributed by atoms with Gasteiger partial charge in [-0.2, -0.15) is 0 Å². The minimum absolute atomic E-state index is 0.232. The minimum Gasteiger partial charge on any atom is -0.454 e. The van der Waals surface area contributed by atoms with Gasteiger partial charge in [0.05, 0.1) is 10.2 Å². The van der Waals surface area contributed by atoms with Gasteiger partial charge in [0.25, 0.3) is 5.91 Å². The van der Waals surface area contributed by atoms with Gasteiger partial charge in [-0.1, -0.05) is 11.3 Å². The van der Waals surface area contributed by atoms with Crippen LogP contribution in [0.3, 0.4) is 0 Å². The Kier molecular flexibility index (Phi) is 2.58. The SMILES string of the molecule is Cn1ccnc1C(=O)Nc1nc2cc3c(cc2s1)OCO3. The van der Waals surface area contributed by atoms with E-state index in [0.717, 1.165) is 10.2 Å². The van der Waals surface area contributed by atoms with Gasteiger partial charge >= 0.3 is 0 Å². The highest BCUT2D eigenvalue weighted by atomic mass is 32.1. The standard InChI is InChI=1S/C13H10N4O3S/c1-17-3-2-14-11(17)12(18)16-13-15-7-4-8-9(20-6-19-8)5-10(7)21-13/h2-5H,6H2,1H3,(H,15,16,18). The molecule has 21 heavy (non-hydrogen) atoms. The van der Waals surface area contributed by atoms with Crippen molar-refractivity contribution < 1.29 is 14.3 Å². The molecule has 106 valence electrons. The summed E-state index contributed by atoms with van der Waals surface area (Å²) in [4.78, 5) is 20.5. The second-order valence-electron chi connectivity index (χ2n) is 4.51. The van der Waals surface area contributed by atoms with Crippen molar-refractivity contribution in [1.82, 2.24) is 14.5 Å². The molecule has 3 aromatic rings. The molecular formula is C13H10N4O3S. The minimum atomic E-state index is -0.290. The van der Waals surface area contributed by atoms with Crippen LogP contribution >= 0.6 is 11.3 Å². The molecule has 0 bridgehead atoms. The summed E-state index contributed by atoms with van der Waals surface area (Å²) in [6.07, 6.45) is 3.29. The summed E-state index contributed by atoms with van der Waals surface area (Å²) in [7, 11) is 1.76. The van der Waals surface area contributed by atoms with Crippen LogP contribution in [0.1, 0.15) is 10.6 Å². The Bertz CT molecular complexity index is 813. The number of fused-ring (bicyclic) bond motifs is 2. The number of carbonyl (C=O) groups is 1. The van der Waals surface area contributed by atoms with Gasteiger partial charge in [0, 0.05) is 31.6 Å². The highest BCUT2D eigenvalue weighted by Crippen LogP contribution is 2.38. The molecule has 1 amide bonds. The van der Waals surface area contributed by atoms with Crippen LogP contribution in [0.25, 0.3) is 10.2 Å². The van der Waals surface area contributed by atoms with Crippen molar-refractivity contribution in [2.75, 3.05) is 12.1 Å². The summed E-state index contributed by atoms with van der Waals surface area (Å²) in [5.74, 6) is 1.42. The first kappa shape index (κ1) is 12.2. The molecule has 3 heterocycles. The molecule has 7 nitrogen and oxygen atoms in total. The van der Waals surface area contributed by atoms with Crippen LogP contribution in [-0.4, -0.2) is 27.2 Å². The largest absolute Gasteiger partial charge is 0.454 e. The monoisotopic (exact) mass is 302 g/mol.